The Balaban J connectivity index is 1.79. The molecule has 6 nitrogen and oxygen atoms in total. The fourth-order valence-corrected chi connectivity index (χ4v) is 5.85. The van der Waals surface area contributed by atoms with Gasteiger partial charge in [-0.1, -0.05) is 0 Å². The molecule has 0 spiro atoms. The van der Waals surface area contributed by atoms with Crippen LogP contribution in [0.25, 0.3) is 0 Å². The van der Waals surface area contributed by atoms with Gasteiger partial charge in [0.2, 0.25) is 10.0 Å². The predicted molar refractivity (Wildman–Crippen MR) is 79.2 cm³/mol. The highest BCUT2D eigenvalue weighted by molar-refractivity contribution is 7.89. The zero-order valence-electron chi connectivity index (χ0n) is 11.6. The standard InChI is InChI=1S/C13H18N2O4S2/c16-13(17)12-11(4-8-20-12)21(18,19)15-7-3-10(9-15)14-5-1-2-6-14/h4,8,10H,1-3,5-7,9H2,(H,16,17). The third-order valence-corrected chi connectivity index (χ3v) is 7.16. The van der Waals surface area contributed by atoms with Crippen LogP contribution < -0.4 is 0 Å². The first kappa shape index (κ1) is 15.0. The molecule has 3 heterocycles. The van der Waals surface area contributed by atoms with Crippen LogP contribution in [0.4, 0.5) is 0 Å². The second-order valence-corrected chi connectivity index (χ2v) is 8.29. The van der Waals surface area contributed by atoms with E-state index >= 15 is 0 Å². The smallest absolute Gasteiger partial charge is 0.347 e. The van der Waals surface area contributed by atoms with Crippen LogP contribution in [0, 0.1) is 0 Å². The number of carbonyl (C=O) groups is 1. The van der Waals surface area contributed by atoms with Crippen molar-refractivity contribution in [2.45, 2.75) is 30.2 Å². The minimum Gasteiger partial charge on any atom is -0.477 e. The molecule has 3 rings (SSSR count). The van der Waals surface area contributed by atoms with E-state index in [4.69, 9.17) is 5.11 Å². The number of carboxylic acid groups (broad SMARTS) is 1. The van der Waals surface area contributed by atoms with Crippen LogP contribution in [0.15, 0.2) is 16.3 Å². The van der Waals surface area contributed by atoms with Crippen LogP contribution >= 0.6 is 11.3 Å². The molecule has 21 heavy (non-hydrogen) atoms. The predicted octanol–water partition coefficient (Wildman–Crippen LogP) is 1.31. The summed E-state index contributed by atoms with van der Waals surface area (Å²) in [6, 6.07) is 1.67. The summed E-state index contributed by atoms with van der Waals surface area (Å²) in [6.45, 7) is 3.02. The first-order chi connectivity index (χ1) is 10.00. The Bertz CT molecular complexity index is 634. The molecule has 0 aliphatic carbocycles. The Kier molecular flexibility index (Phi) is 4.04. The van der Waals surface area contributed by atoms with Crippen molar-refractivity contribution in [3.8, 4) is 0 Å². The normalized spacial score (nSPS) is 24.7. The van der Waals surface area contributed by atoms with Gasteiger partial charge in [0.25, 0.3) is 0 Å². The molecule has 0 aromatic carbocycles. The summed E-state index contributed by atoms with van der Waals surface area (Å²) < 4.78 is 26.7. The lowest BCUT2D eigenvalue weighted by Crippen LogP contribution is -2.37. The van der Waals surface area contributed by atoms with Gasteiger partial charge in [-0.3, -0.25) is 4.90 Å². The molecule has 2 fully saturated rings. The molecule has 1 N–H and O–H groups in total. The van der Waals surface area contributed by atoms with Gasteiger partial charge >= 0.3 is 5.97 Å². The molecule has 1 aromatic rings. The van der Waals surface area contributed by atoms with Gasteiger partial charge in [-0.05, 0) is 43.8 Å². The van der Waals surface area contributed by atoms with Crippen molar-refractivity contribution in [1.29, 1.82) is 0 Å². The van der Waals surface area contributed by atoms with Crippen LogP contribution in [0.3, 0.4) is 0 Å². The van der Waals surface area contributed by atoms with Crippen molar-refractivity contribution >= 4 is 27.3 Å². The highest BCUT2D eigenvalue weighted by atomic mass is 32.2. The van der Waals surface area contributed by atoms with E-state index in [1.165, 1.54) is 28.6 Å². The van der Waals surface area contributed by atoms with Crippen molar-refractivity contribution in [1.82, 2.24) is 9.21 Å². The van der Waals surface area contributed by atoms with E-state index in [1.807, 2.05) is 0 Å². The molecule has 1 aromatic heterocycles. The first-order valence-corrected chi connectivity index (χ1v) is 9.37. The van der Waals surface area contributed by atoms with E-state index < -0.39 is 16.0 Å². The largest absolute Gasteiger partial charge is 0.477 e. The van der Waals surface area contributed by atoms with Gasteiger partial charge in [0.05, 0.1) is 0 Å². The van der Waals surface area contributed by atoms with Gasteiger partial charge in [-0.25, -0.2) is 13.2 Å². The first-order valence-electron chi connectivity index (χ1n) is 7.05. The SMILES string of the molecule is O=C(O)c1sccc1S(=O)(=O)N1CCC(N2CCCC2)C1. The summed E-state index contributed by atoms with van der Waals surface area (Å²) in [5.41, 5.74) is 0. The maximum atomic E-state index is 12.6. The Labute approximate surface area is 128 Å². The van der Waals surface area contributed by atoms with Crippen LogP contribution in [0.2, 0.25) is 0 Å². The zero-order valence-corrected chi connectivity index (χ0v) is 13.2. The van der Waals surface area contributed by atoms with Gasteiger partial charge in [0.15, 0.2) is 0 Å². The van der Waals surface area contributed by atoms with Gasteiger partial charge in [0, 0.05) is 19.1 Å². The summed E-state index contributed by atoms with van der Waals surface area (Å²) >= 11 is 0.954. The van der Waals surface area contributed by atoms with E-state index in [0.29, 0.717) is 13.1 Å². The Morgan fingerprint density at radius 2 is 2.00 bits per heavy atom. The molecule has 1 atom stereocenters. The number of rotatable bonds is 4. The lowest BCUT2D eigenvalue weighted by molar-refractivity contribution is 0.0698. The number of hydrogen-bond acceptors (Lipinski definition) is 5. The van der Waals surface area contributed by atoms with Gasteiger partial charge < -0.3 is 5.11 Å². The maximum Gasteiger partial charge on any atom is 0.347 e. The molecule has 0 saturated carbocycles. The van der Waals surface area contributed by atoms with Crippen molar-refractivity contribution < 1.29 is 18.3 Å². The monoisotopic (exact) mass is 330 g/mol. The highest BCUT2D eigenvalue weighted by Crippen LogP contribution is 2.29. The number of carboxylic acids is 1. The fourth-order valence-electron chi connectivity index (χ4n) is 3.13. The average molecular weight is 330 g/mol. The second-order valence-electron chi connectivity index (χ2n) is 5.47. The van der Waals surface area contributed by atoms with Crippen LogP contribution in [-0.2, 0) is 10.0 Å². The number of nitrogens with zero attached hydrogens (tertiary/aromatic N) is 2. The number of thiophene rings is 1. The van der Waals surface area contributed by atoms with Crippen LogP contribution in [0.5, 0.6) is 0 Å². The molecule has 8 heteroatoms. The Morgan fingerprint density at radius 3 is 2.67 bits per heavy atom. The van der Waals surface area contributed by atoms with Gasteiger partial charge in [-0.15, -0.1) is 11.3 Å². The molecule has 2 aliphatic heterocycles. The van der Waals surface area contributed by atoms with E-state index in [1.54, 1.807) is 0 Å². The maximum absolute atomic E-state index is 12.6. The minimum atomic E-state index is -3.70. The minimum absolute atomic E-state index is 0.0675. The Morgan fingerprint density at radius 1 is 1.29 bits per heavy atom. The average Bonchev–Trinajstić information content (AvgIpc) is 3.18. The van der Waals surface area contributed by atoms with Gasteiger partial charge in [0.1, 0.15) is 9.77 Å². The molecule has 2 saturated heterocycles. The van der Waals surface area contributed by atoms with Crippen LogP contribution in [-0.4, -0.2) is 60.9 Å². The fraction of sp³-hybridized carbons (Fsp3) is 0.615. The summed E-state index contributed by atoms with van der Waals surface area (Å²) in [6.07, 6.45) is 3.18. The van der Waals surface area contributed by atoms with E-state index in [2.05, 4.69) is 4.90 Å². The number of aromatic carboxylic acids is 1. The summed E-state index contributed by atoms with van der Waals surface area (Å²) in [4.78, 5) is 13.3. The molecule has 1 unspecified atom stereocenters. The van der Waals surface area contributed by atoms with E-state index in [0.717, 1.165) is 30.8 Å². The van der Waals surface area contributed by atoms with Crippen molar-refractivity contribution in [3.05, 3.63) is 16.3 Å². The topological polar surface area (TPSA) is 77.9 Å². The lowest BCUT2D eigenvalue weighted by Gasteiger charge is -2.23. The van der Waals surface area contributed by atoms with E-state index in [9.17, 15) is 13.2 Å². The summed E-state index contributed by atoms with van der Waals surface area (Å²) in [5.74, 6) is -1.18. The van der Waals surface area contributed by atoms with Crippen molar-refractivity contribution in [2.24, 2.45) is 0 Å². The summed E-state index contributed by atoms with van der Waals surface area (Å²) in [5, 5.41) is 10.6. The number of likely N-dealkylation sites (tertiary alicyclic amines) is 1. The third kappa shape index (κ3) is 2.73. The number of hydrogen-bond donors (Lipinski definition) is 1. The quantitative estimate of drug-likeness (QED) is 0.900. The number of sulfonamides is 1. The van der Waals surface area contributed by atoms with Crippen LogP contribution in [0.1, 0.15) is 28.9 Å². The lowest BCUT2D eigenvalue weighted by atomic mass is 10.2. The summed E-state index contributed by atoms with van der Waals surface area (Å²) in [7, 11) is -3.70. The zero-order chi connectivity index (χ0) is 15.0. The van der Waals surface area contributed by atoms with Crippen molar-refractivity contribution in [3.63, 3.8) is 0 Å². The molecular formula is C13H18N2O4S2. The molecular weight excluding hydrogens is 312 g/mol. The molecule has 116 valence electrons. The van der Waals surface area contributed by atoms with Crippen molar-refractivity contribution in [2.75, 3.05) is 26.2 Å². The third-order valence-electron chi connectivity index (χ3n) is 4.22. The molecule has 0 radical (unpaired) electrons. The second kappa shape index (κ2) is 5.68. The van der Waals surface area contributed by atoms with E-state index in [-0.39, 0.29) is 15.8 Å². The highest BCUT2D eigenvalue weighted by Gasteiger charge is 2.37. The molecule has 0 amide bonds. The van der Waals surface area contributed by atoms with Gasteiger partial charge in [-0.2, -0.15) is 4.31 Å². The molecule has 0 bridgehead atoms. The Hall–Kier alpha value is -0.960. The molecule has 2 aliphatic rings.